The van der Waals surface area contributed by atoms with Crippen molar-refractivity contribution in [2.75, 3.05) is 11.6 Å². The highest BCUT2D eigenvalue weighted by molar-refractivity contribution is 9.10. The van der Waals surface area contributed by atoms with Crippen molar-refractivity contribution in [2.24, 2.45) is 0 Å². The zero-order valence-corrected chi connectivity index (χ0v) is 13.3. The van der Waals surface area contributed by atoms with Gasteiger partial charge in [0.1, 0.15) is 0 Å². The summed E-state index contributed by atoms with van der Waals surface area (Å²) >= 11 is 5.11. The Morgan fingerprint density at radius 2 is 2.10 bits per heavy atom. The summed E-state index contributed by atoms with van der Waals surface area (Å²) in [6, 6.07) is 13.2. The lowest BCUT2D eigenvalue weighted by Gasteiger charge is -2.10. The third kappa shape index (κ3) is 3.77. The predicted octanol–water partition coefficient (Wildman–Crippen LogP) is 4.48. The quantitative estimate of drug-likeness (QED) is 0.779. The molecule has 20 heavy (non-hydrogen) atoms. The summed E-state index contributed by atoms with van der Waals surface area (Å²) in [6.07, 6.45) is 2.04. The summed E-state index contributed by atoms with van der Waals surface area (Å²) in [4.78, 5) is 12.1. The third-order valence-corrected chi connectivity index (χ3v) is 4.32. The highest BCUT2D eigenvalue weighted by atomic mass is 79.9. The van der Waals surface area contributed by atoms with Gasteiger partial charge in [0.25, 0.3) is 0 Å². The van der Waals surface area contributed by atoms with Crippen LogP contribution in [0.15, 0.2) is 51.8 Å². The van der Waals surface area contributed by atoms with Crippen LogP contribution in [0.5, 0.6) is 0 Å². The van der Waals surface area contributed by atoms with Crippen LogP contribution in [-0.4, -0.2) is 17.3 Å². The van der Waals surface area contributed by atoms with E-state index in [-0.39, 0.29) is 5.56 Å². The fourth-order valence-corrected chi connectivity index (χ4v) is 2.73. The van der Waals surface area contributed by atoms with E-state index in [0.717, 1.165) is 15.7 Å². The Balaban J connectivity index is 2.08. The summed E-state index contributed by atoms with van der Waals surface area (Å²) in [7, 11) is 0. The average molecular weight is 352 g/mol. The minimum Gasteiger partial charge on any atom is -0.478 e. The summed E-state index contributed by atoms with van der Waals surface area (Å²) in [5.74, 6) is -0.919. The van der Waals surface area contributed by atoms with E-state index < -0.39 is 5.97 Å². The number of carboxylic acids is 1. The van der Waals surface area contributed by atoms with E-state index in [1.165, 1.54) is 4.90 Å². The van der Waals surface area contributed by atoms with Crippen LogP contribution < -0.4 is 5.32 Å². The van der Waals surface area contributed by atoms with Gasteiger partial charge in [0, 0.05) is 21.6 Å². The second kappa shape index (κ2) is 6.81. The van der Waals surface area contributed by atoms with Crippen LogP contribution in [0.1, 0.15) is 15.9 Å². The first-order valence-corrected chi connectivity index (χ1v) is 8.01. The first-order chi connectivity index (χ1) is 9.60. The number of halogens is 1. The SMILES string of the molecule is CSc1cccc(NCc2ccc(C(=O)O)cc2Br)c1. The Hall–Kier alpha value is -1.46. The zero-order valence-electron chi connectivity index (χ0n) is 10.9. The summed E-state index contributed by atoms with van der Waals surface area (Å²) < 4.78 is 0.797. The molecule has 0 radical (unpaired) electrons. The number of thioether (sulfide) groups is 1. The van der Waals surface area contributed by atoms with E-state index >= 15 is 0 Å². The second-order valence-corrected chi connectivity index (χ2v) is 5.93. The lowest BCUT2D eigenvalue weighted by atomic mass is 10.1. The molecule has 2 N–H and O–H groups in total. The van der Waals surface area contributed by atoms with Crippen LogP contribution in [0.3, 0.4) is 0 Å². The van der Waals surface area contributed by atoms with Crippen molar-refractivity contribution >= 4 is 39.3 Å². The van der Waals surface area contributed by atoms with Crippen LogP contribution in [0, 0.1) is 0 Å². The lowest BCUT2D eigenvalue weighted by molar-refractivity contribution is 0.0697. The molecule has 0 aromatic heterocycles. The van der Waals surface area contributed by atoms with Gasteiger partial charge in [-0.2, -0.15) is 0 Å². The summed E-state index contributed by atoms with van der Waals surface area (Å²) in [5, 5.41) is 12.3. The standard InChI is InChI=1S/C15H14BrNO2S/c1-20-13-4-2-3-12(8-13)17-9-11-6-5-10(15(18)19)7-14(11)16/h2-8,17H,9H2,1H3,(H,18,19). The van der Waals surface area contributed by atoms with E-state index in [0.29, 0.717) is 6.54 Å². The molecule has 0 unspecified atom stereocenters. The van der Waals surface area contributed by atoms with Crippen molar-refractivity contribution in [1.82, 2.24) is 0 Å². The van der Waals surface area contributed by atoms with Crippen LogP contribution in [-0.2, 0) is 6.54 Å². The largest absolute Gasteiger partial charge is 0.478 e. The number of carboxylic acid groups (broad SMARTS) is 1. The molecule has 0 aliphatic heterocycles. The molecule has 2 rings (SSSR count). The normalized spacial score (nSPS) is 10.3. The molecule has 0 spiro atoms. The molecule has 2 aromatic carbocycles. The fraction of sp³-hybridized carbons (Fsp3) is 0.133. The highest BCUT2D eigenvalue weighted by Gasteiger charge is 2.06. The Bertz CT molecular complexity index is 631. The number of carbonyl (C=O) groups is 1. The molecule has 2 aromatic rings. The van der Waals surface area contributed by atoms with Crippen LogP contribution >= 0.6 is 27.7 Å². The van der Waals surface area contributed by atoms with Crippen molar-refractivity contribution in [3.63, 3.8) is 0 Å². The lowest BCUT2D eigenvalue weighted by Crippen LogP contribution is -2.02. The summed E-state index contributed by atoms with van der Waals surface area (Å²) in [5.41, 5.74) is 2.35. The van der Waals surface area contributed by atoms with E-state index in [2.05, 4.69) is 33.4 Å². The minimum atomic E-state index is -0.919. The van der Waals surface area contributed by atoms with Gasteiger partial charge in [0.05, 0.1) is 5.56 Å². The van der Waals surface area contributed by atoms with Gasteiger partial charge >= 0.3 is 5.97 Å². The topological polar surface area (TPSA) is 49.3 Å². The molecule has 0 heterocycles. The van der Waals surface area contributed by atoms with Gasteiger partial charge < -0.3 is 10.4 Å². The average Bonchev–Trinajstić information content (AvgIpc) is 2.46. The molecule has 5 heteroatoms. The highest BCUT2D eigenvalue weighted by Crippen LogP contribution is 2.22. The molecule has 3 nitrogen and oxygen atoms in total. The third-order valence-electron chi connectivity index (χ3n) is 2.85. The zero-order chi connectivity index (χ0) is 14.5. The first-order valence-electron chi connectivity index (χ1n) is 6.00. The number of hydrogen-bond donors (Lipinski definition) is 2. The molecular formula is C15H14BrNO2S. The number of rotatable bonds is 5. The first kappa shape index (κ1) is 14.9. The van der Waals surface area contributed by atoms with Gasteiger partial charge in [-0.25, -0.2) is 4.79 Å². The number of aromatic carboxylic acids is 1. The van der Waals surface area contributed by atoms with Gasteiger partial charge in [-0.15, -0.1) is 11.8 Å². The molecule has 0 aliphatic rings. The second-order valence-electron chi connectivity index (χ2n) is 4.20. The molecule has 0 fully saturated rings. The Morgan fingerprint density at radius 1 is 1.30 bits per heavy atom. The predicted molar refractivity (Wildman–Crippen MR) is 86.7 cm³/mol. The molecule has 0 amide bonds. The molecule has 104 valence electrons. The maximum Gasteiger partial charge on any atom is 0.335 e. The maximum absolute atomic E-state index is 10.9. The van der Waals surface area contributed by atoms with Gasteiger partial charge in [-0.05, 0) is 42.2 Å². The van der Waals surface area contributed by atoms with E-state index in [9.17, 15) is 4.79 Å². The van der Waals surface area contributed by atoms with E-state index in [4.69, 9.17) is 5.11 Å². The van der Waals surface area contributed by atoms with Crippen LogP contribution in [0.25, 0.3) is 0 Å². The van der Waals surface area contributed by atoms with Crippen molar-refractivity contribution < 1.29 is 9.90 Å². The van der Waals surface area contributed by atoms with Crippen LogP contribution in [0.2, 0.25) is 0 Å². The van der Waals surface area contributed by atoms with Gasteiger partial charge in [0.2, 0.25) is 0 Å². The molecular weight excluding hydrogens is 338 g/mol. The minimum absolute atomic E-state index is 0.282. The maximum atomic E-state index is 10.9. The van der Waals surface area contributed by atoms with Crippen molar-refractivity contribution in [3.05, 3.63) is 58.1 Å². The van der Waals surface area contributed by atoms with E-state index in [1.54, 1.807) is 23.9 Å². The number of hydrogen-bond acceptors (Lipinski definition) is 3. The van der Waals surface area contributed by atoms with Crippen molar-refractivity contribution in [2.45, 2.75) is 11.4 Å². The van der Waals surface area contributed by atoms with Crippen LogP contribution in [0.4, 0.5) is 5.69 Å². The van der Waals surface area contributed by atoms with Crippen molar-refractivity contribution in [3.8, 4) is 0 Å². The molecule has 0 saturated heterocycles. The number of benzene rings is 2. The molecule has 0 atom stereocenters. The monoisotopic (exact) mass is 351 g/mol. The Morgan fingerprint density at radius 3 is 2.75 bits per heavy atom. The summed E-state index contributed by atoms with van der Waals surface area (Å²) in [6.45, 7) is 0.637. The van der Waals surface area contributed by atoms with Gasteiger partial charge in [-0.1, -0.05) is 28.1 Å². The van der Waals surface area contributed by atoms with Gasteiger partial charge in [-0.3, -0.25) is 0 Å². The van der Waals surface area contributed by atoms with Gasteiger partial charge in [0.15, 0.2) is 0 Å². The molecule has 0 bridgehead atoms. The number of nitrogens with one attached hydrogen (secondary N) is 1. The Kier molecular flexibility index (Phi) is 5.09. The number of anilines is 1. The van der Waals surface area contributed by atoms with E-state index in [1.807, 2.05) is 24.5 Å². The van der Waals surface area contributed by atoms with Crippen molar-refractivity contribution in [1.29, 1.82) is 0 Å². The Labute approximate surface area is 130 Å². The molecule has 0 aliphatic carbocycles. The molecule has 0 saturated carbocycles. The smallest absolute Gasteiger partial charge is 0.335 e. The fourth-order valence-electron chi connectivity index (χ4n) is 1.75.